The number of anilines is 1. The van der Waals surface area contributed by atoms with Crippen molar-refractivity contribution in [2.45, 2.75) is 20.4 Å². The van der Waals surface area contributed by atoms with Crippen LogP contribution in [-0.2, 0) is 16.1 Å². The quantitative estimate of drug-likeness (QED) is 0.261. The summed E-state index contributed by atoms with van der Waals surface area (Å²) >= 11 is 0. The predicted octanol–water partition coefficient (Wildman–Crippen LogP) is 3.89. The minimum atomic E-state index is -0.489. The molecule has 0 aliphatic heterocycles. The monoisotopic (exact) mass is 434 g/mol. The van der Waals surface area contributed by atoms with Crippen molar-refractivity contribution in [3.63, 3.8) is 0 Å². The minimum absolute atomic E-state index is 0.0484. The first kappa shape index (κ1) is 22.4. The van der Waals surface area contributed by atoms with E-state index in [2.05, 4.69) is 10.4 Å². The number of rotatable bonds is 7. The summed E-state index contributed by atoms with van der Waals surface area (Å²) in [4.78, 5) is 34.8. The van der Waals surface area contributed by atoms with Crippen LogP contribution < -0.4 is 5.32 Å². The van der Waals surface area contributed by atoms with Crippen LogP contribution in [-0.4, -0.2) is 33.7 Å². The summed E-state index contributed by atoms with van der Waals surface area (Å²) in [5.74, 6) is -0.820. The van der Waals surface area contributed by atoms with Gasteiger partial charge >= 0.3 is 5.97 Å². The molecule has 1 N–H and O–H groups in total. The number of carbonyl (C=O) groups excluding carboxylic acids is 2. The maximum Gasteiger partial charge on any atom is 0.338 e. The third-order valence-electron chi connectivity index (χ3n) is 4.88. The highest BCUT2D eigenvalue weighted by atomic mass is 16.6. The number of amides is 1. The van der Waals surface area contributed by atoms with Crippen LogP contribution in [0, 0.1) is 24.0 Å². The lowest BCUT2D eigenvalue weighted by atomic mass is 10.1. The summed E-state index contributed by atoms with van der Waals surface area (Å²) in [5.41, 5.74) is 3.59. The second-order valence-electron chi connectivity index (χ2n) is 7.03. The van der Waals surface area contributed by atoms with E-state index in [0.29, 0.717) is 29.1 Å². The fraction of sp³-hybridized carbons (Fsp3) is 0.174. The molecule has 0 saturated carbocycles. The number of hydrogen-bond donors (Lipinski definition) is 1. The van der Waals surface area contributed by atoms with Crippen molar-refractivity contribution < 1.29 is 19.2 Å². The number of aromatic nitrogens is 2. The normalized spacial score (nSPS) is 10.8. The summed E-state index contributed by atoms with van der Waals surface area (Å²) < 4.78 is 6.55. The van der Waals surface area contributed by atoms with Gasteiger partial charge in [0.15, 0.2) is 0 Å². The van der Waals surface area contributed by atoms with Crippen LogP contribution in [0.1, 0.15) is 32.9 Å². The summed E-state index contributed by atoms with van der Waals surface area (Å²) in [6.07, 6.45) is 2.81. The van der Waals surface area contributed by atoms with Gasteiger partial charge in [-0.25, -0.2) is 4.79 Å². The van der Waals surface area contributed by atoms with Gasteiger partial charge in [0, 0.05) is 18.2 Å². The molecule has 0 unspecified atom stereocenters. The smallest absolute Gasteiger partial charge is 0.338 e. The molecule has 0 aliphatic carbocycles. The third kappa shape index (κ3) is 5.07. The molecule has 0 fully saturated rings. The molecule has 0 bridgehead atoms. The lowest BCUT2D eigenvalue weighted by Gasteiger charge is -2.10. The summed E-state index contributed by atoms with van der Waals surface area (Å²) in [5, 5.41) is 18.2. The number of esters is 1. The van der Waals surface area contributed by atoms with Gasteiger partial charge in [-0.3, -0.25) is 19.6 Å². The highest BCUT2D eigenvalue weighted by molar-refractivity contribution is 6.02. The number of ether oxygens (including phenoxy) is 1. The molecule has 9 heteroatoms. The molecule has 0 atom stereocenters. The number of aryl methyl sites for hydroxylation is 1. The van der Waals surface area contributed by atoms with Gasteiger partial charge in [0.05, 0.1) is 41.2 Å². The maximum absolute atomic E-state index is 12.4. The number of hydrogen-bond acceptors (Lipinski definition) is 6. The van der Waals surface area contributed by atoms with E-state index in [1.54, 1.807) is 35.9 Å². The largest absolute Gasteiger partial charge is 0.465 e. The molecular formula is C23H22N4O5. The molecular weight excluding hydrogens is 412 g/mol. The van der Waals surface area contributed by atoms with E-state index in [0.717, 1.165) is 11.3 Å². The lowest BCUT2D eigenvalue weighted by Crippen LogP contribution is -2.12. The molecule has 3 aromatic rings. The first-order valence-corrected chi connectivity index (χ1v) is 9.74. The minimum Gasteiger partial charge on any atom is -0.465 e. The number of non-ortho nitro benzene ring substituents is 1. The van der Waals surface area contributed by atoms with Crippen molar-refractivity contribution in [2.24, 2.45) is 0 Å². The molecule has 0 aliphatic rings. The highest BCUT2D eigenvalue weighted by Gasteiger charge is 2.16. The number of nitro groups is 1. The lowest BCUT2D eigenvalue weighted by molar-refractivity contribution is -0.384. The Balaban J connectivity index is 1.77. The van der Waals surface area contributed by atoms with Crippen LogP contribution in [0.5, 0.6) is 0 Å². The molecule has 32 heavy (non-hydrogen) atoms. The molecule has 0 spiro atoms. The number of benzene rings is 2. The number of nitrogens with zero attached hydrogens (tertiary/aromatic N) is 3. The van der Waals surface area contributed by atoms with E-state index in [-0.39, 0.29) is 5.69 Å². The van der Waals surface area contributed by atoms with Crippen molar-refractivity contribution in [3.8, 4) is 0 Å². The molecule has 0 radical (unpaired) electrons. The van der Waals surface area contributed by atoms with Gasteiger partial charge in [0.25, 0.3) is 5.69 Å². The van der Waals surface area contributed by atoms with Crippen molar-refractivity contribution in [3.05, 3.63) is 92.8 Å². The molecule has 3 rings (SSSR count). The standard InChI is InChI=1S/C23H22N4O5/c1-15-22(24-21(28)12-11-17-7-6-9-19(13-17)27(30)31)16(2)26(25-15)14-18-8-4-5-10-20(18)23(29)32-3/h4-13H,14H2,1-3H3,(H,24,28)/b12-11+. The average molecular weight is 434 g/mol. The van der Waals surface area contributed by atoms with Gasteiger partial charge in [-0.05, 0) is 37.1 Å². The van der Waals surface area contributed by atoms with Crippen molar-refractivity contribution in [1.29, 1.82) is 0 Å². The zero-order valence-corrected chi connectivity index (χ0v) is 17.9. The van der Waals surface area contributed by atoms with Gasteiger partial charge in [-0.15, -0.1) is 0 Å². The first-order chi connectivity index (χ1) is 15.3. The van der Waals surface area contributed by atoms with E-state index in [9.17, 15) is 19.7 Å². The van der Waals surface area contributed by atoms with Crippen LogP contribution >= 0.6 is 0 Å². The molecule has 2 aromatic carbocycles. The zero-order chi connectivity index (χ0) is 23.3. The Morgan fingerprint density at radius 3 is 2.66 bits per heavy atom. The van der Waals surface area contributed by atoms with Crippen molar-refractivity contribution in [2.75, 3.05) is 12.4 Å². The van der Waals surface area contributed by atoms with Gasteiger partial charge in [0.1, 0.15) is 0 Å². The van der Waals surface area contributed by atoms with E-state index in [1.165, 1.54) is 31.4 Å². The Hall–Kier alpha value is -4.27. The van der Waals surface area contributed by atoms with E-state index in [4.69, 9.17) is 4.74 Å². The second-order valence-corrected chi connectivity index (χ2v) is 7.03. The Morgan fingerprint density at radius 2 is 1.94 bits per heavy atom. The van der Waals surface area contributed by atoms with Crippen LogP contribution in [0.15, 0.2) is 54.6 Å². The second kappa shape index (κ2) is 9.69. The Morgan fingerprint density at radius 1 is 1.19 bits per heavy atom. The molecule has 0 saturated heterocycles. The zero-order valence-electron chi connectivity index (χ0n) is 17.9. The van der Waals surface area contributed by atoms with E-state index >= 15 is 0 Å². The number of nitro benzene ring substituents is 1. The van der Waals surface area contributed by atoms with Crippen LogP contribution in [0.25, 0.3) is 6.08 Å². The molecule has 164 valence electrons. The van der Waals surface area contributed by atoms with Crippen LogP contribution in [0.2, 0.25) is 0 Å². The van der Waals surface area contributed by atoms with E-state index in [1.807, 2.05) is 19.1 Å². The number of nitrogens with one attached hydrogen (secondary N) is 1. The maximum atomic E-state index is 12.4. The predicted molar refractivity (Wildman–Crippen MR) is 119 cm³/mol. The molecule has 1 amide bonds. The van der Waals surface area contributed by atoms with Gasteiger partial charge in [-0.1, -0.05) is 30.3 Å². The third-order valence-corrected chi connectivity index (χ3v) is 4.88. The van der Waals surface area contributed by atoms with Crippen LogP contribution in [0.3, 0.4) is 0 Å². The van der Waals surface area contributed by atoms with Gasteiger partial charge < -0.3 is 10.1 Å². The van der Waals surface area contributed by atoms with Gasteiger partial charge in [0.2, 0.25) is 5.91 Å². The summed E-state index contributed by atoms with van der Waals surface area (Å²) in [6, 6.07) is 13.1. The number of methoxy groups -OCH3 is 1. The molecule has 1 heterocycles. The Bertz CT molecular complexity index is 1210. The first-order valence-electron chi connectivity index (χ1n) is 9.74. The Labute approximate surface area is 184 Å². The van der Waals surface area contributed by atoms with Gasteiger partial charge in [-0.2, -0.15) is 5.10 Å². The topological polar surface area (TPSA) is 116 Å². The fourth-order valence-corrected chi connectivity index (χ4v) is 3.24. The summed E-state index contributed by atoms with van der Waals surface area (Å²) in [6.45, 7) is 3.92. The molecule has 1 aromatic heterocycles. The average Bonchev–Trinajstić information content (AvgIpc) is 3.05. The van der Waals surface area contributed by atoms with Crippen molar-refractivity contribution >= 4 is 29.3 Å². The summed E-state index contributed by atoms with van der Waals surface area (Å²) in [7, 11) is 1.33. The van der Waals surface area contributed by atoms with E-state index < -0.39 is 16.8 Å². The fourth-order valence-electron chi connectivity index (χ4n) is 3.24. The van der Waals surface area contributed by atoms with Crippen molar-refractivity contribution in [1.82, 2.24) is 9.78 Å². The Kier molecular flexibility index (Phi) is 6.79. The molecule has 9 nitrogen and oxygen atoms in total. The SMILES string of the molecule is COC(=O)c1ccccc1Cn1nc(C)c(NC(=O)/C=C/c2cccc([N+](=O)[O-])c2)c1C. The van der Waals surface area contributed by atoms with Crippen LogP contribution in [0.4, 0.5) is 11.4 Å². The number of carbonyl (C=O) groups is 2. The highest BCUT2D eigenvalue weighted by Crippen LogP contribution is 2.22.